The predicted octanol–water partition coefficient (Wildman–Crippen LogP) is 1.16. The number of carbonyl (C=O) groups is 2. The number of esters is 2. The lowest BCUT2D eigenvalue weighted by atomic mass is 9.74. The van der Waals surface area contributed by atoms with Gasteiger partial charge in [0.05, 0.1) is 19.8 Å². The first-order valence-corrected chi connectivity index (χ1v) is 5.78. The quantitative estimate of drug-likeness (QED) is 0.694. The number of hydrogen-bond acceptors (Lipinski definition) is 5. The molecule has 1 rings (SSSR count). The van der Waals surface area contributed by atoms with Gasteiger partial charge in [-0.15, -0.1) is 0 Å². The van der Waals surface area contributed by atoms with E-state index >= 15 is 0 Å². The summed E-state index contributed by atoms with van der Waals surface area (Å²) in [6, 6.07) is 0. The van der Waals surface area contributed by atoms with Crippen LogP contribution < -0.4 is 0 Å². The molecule has 0 aliphatic carbocycles. The van der Waals surface area contributed by atoms with Gasteiger partial charge in [0.2, 0.25) is 0 Å². The Bertz CT molecular complexity index is 289. The third kappa shape index (κ3) is 4.34. The smallest absolute Gasteiger partial charge is 0.302 e. The average Bonchev–Trinajstić information content (AvgIpc) is 2.25. The van der Waals surface area contributed by atoms with E-state index in [0.717, 1.165) is 6.42 Å². The topological polar surface area (TPSA) is 61.8 Å². The van der Waals surface area contributed by atoms with Gasteiger partial charge in [-0.25, -0.2) is 0 Å². The van der Waals surface area contributed by atoms with Crippen LogP contribution in [0, 0.1) is 11.3 Å². The first-order chi connectivity index (χ1) is 7.94. The summed E-state index contributed by atoms with van der Waals surface area (Å²) in [7, 11) is 0. The van der Waals surface area contributed by atoms with Gasteiger partial charge in [0.15, 0.2) is 0 Å². The van der Waals surface area contributed by atoms with Crippen molar-refractivity contribution in [2.24, 2.45) is 11.3 Å². The summed E-state index contributed by atoms with van der Waals surface area (Å²) >= 11 is 0. The molecule has 0 saturated carbocycles. The lowest BCUT2D eigenvalue weighted by molar-refractivity contribution is -0.158. The molecule has 1 heterocycles. The highest BCUT2D eigenvalue weighted by Crippen LogP contribution is 2.35. The maximum absolute atomic E-state index is 10.9. The number of ether oxygens (including phenoxy) is 3. The van der Waals surface area contributed by atoms with E-state index in [9.17, 15) is 9.59 Å². The molecule has 2 atom stereocenters. The maximum atomic E-state index is 10.9. The normalized spacial score (nSPS) is 28.5. The van der Waals surface area contributed by atoms with E-state index in [1.807, 2.05) is 6.92 Å². The van der Waals surface area contributed by atoms with Crippen LogP contribution in [-0.2, 0) is 23.8 Å². The minimum atomic E-state index is -0.301. The lowest BCUT2D eigenvalue weighted by Gasteiger charge is -2.40. The monoisotopic (exact) mass is 244 g/mol. The molecule has 0 bridgehead atoms. The zero-order chi connectivity index (χ0) is 12.9. The minimum Gasteiger partial charge on any atom is -0.465 e. The van der Waals surface area contributed by atoms with Gasteiger partial charge in [-0.1, -0.05) is 6.92 Å². The van der Waals surface area contributed by atoms with Gasteiger partial charge in [0.1, 0.15) is 0 Å². The molecule has 1 aliphatic heterocycles. The van der Waals surface area contributed by atoms with E-state index in [2.05, 4.69) is 0 Å². The first-order valence-electron chi connectivity index (χ1n) is 5.78. The summed E-state index contributed by atoms with van der Waals surface area (Å²) in [4.78, 5) is 21.7. The van der Waals surface area contributed by atoms with Crippen molar-refractivity contribution in [2.45, 2.75) is 27.2 Å². The molecular formula is C12H20O5. The Morgan fingerprint density at radius 2 is 1.94 bits per heavy atom. The van der Waals surface area contributed by atoms with Crippen LogP contribution in [0.4, 0.5) is 0 Å². The molecule has 0 spiro atoms. The number of rotatable bonds is 4. The molecular weight excluding hydrogens is 224 g/mol. The largest absolute Gasteiger partial charge is 0.465 e. The van der Waals surface area contributed by atoms with Gasteiger partial charge in [0, 0.05) is 31.8 Å². The third-order valence-electron chi connectivity index (χ3n) is 3.22. The minimum absolute atomic E-state index is 0.0690. The van der Waals surface area contributed by atoms with Crippen molar-refractivity contribution < 1.29 is 23.8 Å². The summed E-state index contributed by atoms with van der Waals surface area (Å²) in [5, 5.41) is 0. The van der Waals surface area contributed by atoms with Gasteiger partial charge >= 0.3 is 11.9 Å². The zero-order valence-corrected chi connectivity index (χ0v) is 10.7. The molecule has 5 heteroatoms. The van der Waals surface area contributed by atoms with Crippen LogP contribution in [0.15, 0.2) is 0 Å². The number of carbonyl (C=O) groups excluding carboxylic acids is 2. The second kappa shape index (κ2) is 6.00. The fourth-order valence-corrected chi connectivity index (χ4v) is 1.86. The molecule has 0 aromatic rings. The van der Waals surface area contributed by atoms with Crippen molar-refractivity contribution in [2.75, 3.05) is 26.4 Å². The molecule has 5 nitrogen and oxygen atoms in total. The van der Waals surface area contributed by atoms with Crippen molar-refractivity contribution in [3.05, 3.63) is 0 Å². The van der Waals surface area contributed by atoms with E-state index < -0.39 is 0 Å². The highest BCUT2D eigenvalue weighted by atomic mass is 16.5. The van der Waals surface area contributed by atoms with Gasteiger partial charge < -0.3 is 14.2 Å². The zero-order valence-electron chi connectivity index (χ0n) is 10.7. The standard InChI is InChI=1S/C12H20O5/c1-9(13)16-7-11-6-15-5-4-12(11,3)8-17-10(2)14/h11H,4-8H2,1-3H3. The molecule has 0 radical (unpaired) electrons. The van der Waals surface area contributed by atoms with Crippen LogP contribution in [0.3, 0.4) is 0 Å². The fraction of sp³-hybridized carbons (Fsp3) is 0.833. The molecule has 0 N–H and O–H groups in total. The van der Waals surface area contributed by atoms with Crippen LogP contribution in [0.1, 0.15) is 27.2 Å². The maximum Gasteiger partial charge on any atom is 0.302 e. The van der Waals surface area contributed by atoms with Crippen LogP contribution in [0.5, 0.6) is 0 Å². The molecule has 98 valence electrons. The van der Waals surface area contributed by atoms with Crippen LogP contribution in [-0.4, -0.2) is 38.4 Å². The summed E-state index contributed by atoms with van der Waals surface area (Å²) in [5.74, 6) is -0.520. The van der Waals surface area contributed by atoms with Crippen LogP contribution in [0.25, 0.3) is 0 Å². The van der Waals surface area contributed by atoms with Crippen molar-refractivity contribution in [1.29, 1.82) is 0 Å². The van der Waals surface area contributed by atoms with Crippen LogP contribution >= 0.6 is 0 Å². The fourth-order valence-electron chi connectivity index (χ4n) is 1.86. The highest BCUT2D eigenvalue weighted by molar-refractivity contribution is 5.66. The molecule has 0 aromatic carbocycles. The Hall–Kier alpha value is -1.10. The molecule has 1 fully saturated rings. The Morgan fingerprint density at radius 1 is 1.29 bits per heavy atom. The van der Waals surface area contributed by atoms with Crippen molar-refractivity contribution in [3.8, 4) is 0 Å². The van der Waals surface area contributed by atoms with E-state index in [4.69, 9.17) is 14.2 Å². The molecule has 1 saturated heterocycles. The van der Waals surface area contributed by atoms with Crippen LogP contribution in [0.2, 0.25) is 0 Å². The van der Waals surface area contributed by atoms with E-state index in [1.165, 1.54) is 13.8 Å². The van der Waals surface area contributed by atoms with Crippen molar-refractivity contribution >= 4 is 11.9 Å². The lowest BCUT2D eigenvalue weighted by Crippen LogP contribution is -2.43. The Labute approximate surface area is 101 Å². The first kappa shape index (κ1) is 14.0. The van der Waals surface area contributed by atoms with Gasteiger partial charge in [-0.05, 0) is 6.42 Å². The van der Waals surface area contributed by atoms with Gasteiger partial charge in [0.25, 0.3) is 0 Å². The Morgan fingerprint density at radius 3 is 2.53 bits per heavy atom. The highest BCUT2D eigenvalue weighted by Gasteiger charge is 2.39. The second-order valence-corrected chi connectivity index (χ2v) is 4.76. The summed E-state index contributed by atoms with van der Waals surface area (Å²) in [6.07, 6.45) is 0.798. The number of hydrogen-bond donors (Lipinski definition) is 0. The summed E-state index contributed by atoms with van der Waals surface area (Å²) in [6.45, 7) is 6.65. The van der Waals surface area contributed by atoms with E-state index in [0.29, 0.717) is 26.4 Å². The molecule has 17 heavy (non-hydrogen) atoms. The molecule has 0 aromatic heterocycles. The molecule has 0 amide bonds. The Balaban J connectivity index is 2.56. The Kier molecular flexibility index (Phi) is 4.93. The van der Waals surface area contributed by atoms with Gasteiger partial charge in [-0.3, -0.25) is 9.59 Å². The summed E-state index contributed by atoms with van der Waals surface area (Å²) in [5.41, 5.74) is -0.181. The second-order valence-electron chi connectivity index (χ2n) is 4.76. The van der Waals surface area contributed by atoms with E-state index in [1.54, 1.807) is 0 Å². The van der Waals surface area contributed by atoms with E-state index in [-0.39, 0.29) is 23.3 Å². The summed E-state index contributed by atoms with van der Waals surface area (Å²) < 4.78 is 15.5. The molecule has 1 aliphatic rings. The SMILES string of the molecule is CC(=O)OCC1COCCC1(C)COC(C)=O. The molecule has 2 unspecified atom stereocenters. The average molecular weight is 244 g/mol. The third-order valence-corrected chi connectivity index (χ3v) is 3.22. The predicted molar refractivity (Wildman–Crippen MR) is 60.3 cm³/mol. The van der Waals surface area contributed by atoms with Crippen molar-refractivity contribution in [1.82, 2.24) is 0 Å². The van der Waals surface area contributed by atoms with Crippen molar-refractivity contribution in [3.63, 3.8) is 0 Å². The van der Waals surface area contributed by atoms with Gasteiger partial charge in [-0.2, -0.15) is 0 Å².